The number of benzene rings is 1. The van der Waals surface area contributed by atoms with Gasteiger partial charge in [-0.2, -0.15) is 4.39 Å². The van der Waals surface area contributed by atoms with Gasteiger partial charge in [0, 0.05) is 5.39 Å². The molecule has 12 heavy (non-hydrogen) atoms. The molecule has 0 aliphatic rings. The summed E-state index contributed by atoms with van der Waals surface area (Å²) >= 11 is 5.55. The van der Waals surface area contributed by atoms with Gasteiger partial charge in [0.25, 0.3) is 0 Å². The molecule has 0 amide bonds. The monoisotopic (exact) mass is 181 g/mol. The average Bonchev–Trinajstić information content (AvgIpc) is 2.07. The molecular weight excluding hydrogens is 177 g/mol. The molecule has 2 rings (SSSR count). The molecule has 0 unspecified atom stereocenters. The van der Waals surface area contributed by atoms with E-state index in [0.717, 1.165) is 5.39 Å². The molecular formula is C9H5ClFN. The molecule has 0 saturated carbocycles. The number of nitrogens with zero attached hydrogens (tertiary/aromatic N) is 1. The largest absolute Gasteiger partial charge is 0.232 e. The molecule has 1 aromatic heterocycles. The van der Waals surface area contributed by atoms with E-state index in [9.17, 15) is 4.39 Å². The highest BCUT2D eigenvalue weighted by Gasteiger charge is 2.01. The fourth-order valence-corrected chi connectivity index (χ4v) is 1.23. The summed E-state index contributed by atoms with van der Waals surface area (Å²) in [4.78, 5) is 3.68. The van der Waals surface area contributed by atoms with Gasteiger partial charge in [-0.25, -0.2) is 4.98 Å². The number of hydrogen-bond donors (Lipinski definition) is 0. The van der Waals surface area contributed by atoms with Crippen molar-refractivity contribution in [3.8, 4) is 0 Å². The summed E-state index contributed by atoms with van der Waals surface area (Å²) in [6.07, 6.45) is 0. The number of fused-ring (bicyclic) bond motifs is 1. The maximum absolute atomic E-state index is 12.8. The zero-order valence-electron chi connectivity index (χ0n) is 6.09. The van der Waals surface area contributed by atoms with Gasteiger partial charge in [-0.3, -0.25) is 0 Å². The predicted molar refractivity (Wildman–Crippen MR) is 46.7 cm³/mol. The van der Waals surface area contributed by atoms with Gasteiger partial charge in [0.1, 0.15) is 0 Å². The van der Waals surface area contributed by atoms with Gasteiger partial charge < -0.3 is 0 Å². The minimum Gasteiger partial charge on any atom is -0.218 e. The highest BCUT2D eigenvalue weighted by molar-refractivity contribution is 6.31. The van der Waals surface area contributed by atoms with Crippen LogP contribution in [-0.2, 0) is 0 Å². The van der Waals surface area contributed by atoms with Crippen molar-refractivity contribution in [1.29, 1.82) is 0 Å². The van der Waals surface area contributed by atoms with Crippen molar-refractivity contribution in [2.24, 2.45) is 0 Å². The minimum atomic E-state index is -0.615. The van der Waals surface area contributed by atoms with Gasteiger partial charge in [0.15, 0.2) is 0 Å². The normalized spacial score (nSPS) is 10.5. The summed E-state index contributed by atoms with van der Waals surface area (Å²) < 4.78 is 12.8. The number of rotatable bonds is 0. The Morgan fingerprint density at radius 1 is 1.25 bits per heavy atom. The first-order valence-corrected chi connectivity index (χ1v) is 3.86. The van der Waals surface area contributed by atoms with Crippen LogP contribution in [0, 0.1) is 5.95 Å². The summed E-state index contributed by atoms with van der Waals surface area (Å²) in [5.74, 6) is -0.615. The number of halogens is 2. The molecule has 0 atom stereocenters. The molecule has 1 aromatic carbocycles. The van der Waals surface area contributed by atoms with E-state index < -0.39 is 5.95 Å². The zero-order valence-corrected chi connectivity index (χ0v) is 6.85. The fraction of sp³-hybridized carbons (Fsp3) is 0. The first kappa shape index (κ1) is 7.50. The van der Waals surface area contributed by atoms with Crippen LogP contribution in [0.2, 0.25) is 5.02 Å². The number of pyridine rings is 1. The Hall–Kier alpha value is -1.15. The molecule has 0 fully saturated rings. The smallest absolute Gasteiger partial charge is 0.218 e. The molecule has 0 saturated heterocycles. The second-order valence-electron chi connectivity index (χ2n) is 2.45. The molecule has 1 heterocycles. The van der Waals surface area contributed by atoms with E-state index in [0.29, 0.717) is 5.52 Å². The number of hydrogen-bond acceptors (Lipinski definition) is 1. The molecule has 1 nitrogen and oxygen atoms in total. The van der Waals surface area contributed by atoms with E-state index in [1.165, 1.54) is 0 Å². The van der Waals surface area contributed by atoms with Crippen LogP contribution in [0.3, 0.4) is 0 Å². The van der Waals surface area contributed by atoms with Gasteiger partial charge in [0.2, 0.25) is 5.95 Å². The van der Waals surface area contributed by atoms with E-state index in [1.807, 2.05) is 18.2 Å². The van der Waals surface area contributed by atoms with Crippen molar-refractivity contribution >= 4 is 22.5 Å². The molecule has 0 radical (unpaired) electrons. The molecule has 3 heteroatoms. The van der Waals surface area contributed by atoms with Crippen molar-refractivity contribution in [3.63, 3.8) is 0 Å². The van der Waals surface area contributed by atoms with E-state index in [-0.39, 0.29) is 5.02 Å². The second kappa shape index (κ2) is 2.72. The summed E-state index contributed by atoms with van der Waals surface area (Å²) in [6, 6.07) is 8.82. The summed E-state index contributed by atoms with van der Waals surface area (Å²) in [7, 11) is 0. The lowest BCUT2D eigenvalue weighted by Crippen LogP contribution is -1.85. The first-order chi connectivity index (χ1) is 5.77. The van der Waals surface area contributed by atoms with Gasteiger partial charge >= 0.3 is 0 Å². The van der Waals surface area contributed by atoms with Crippen LogP contribution in [0.1, 0.15) is 0 Å². The van der Waals surface area contributed by atoms with E-state index >= 15 is 0 Å². The standard InChI is InChI=1S/C9H5ClFN/c10-7-5-6-3-1-2-4-8(6)12-9(7)11/h1-5H. The van der Waals surface area contributed by atoms with Crippen LogP contribution in [0.4, 0.5) is 4.39 Å². The molecule has 0 aliphatic carbocycles. The van der Waals surface area contributed by atoms with E-state index in [2.05, 4.69) is 4.98 Å². The SMILES string of the molecule is Fc1nc2ccccc2cc1Cl. The van der Waals surface area contributed by atoms with Crippen LogP contribution in [-0.4, -0.2) is 4.98 Å². The third-order valence-electron chi connectivity index (χ3n) is 1.63. The summed E-state index contributed by atoms with van der Waals surface area (Å²) in [5, 5.41) is 0.914. The lowest BCUT2D eigenvalue weighted by molar-refractivity contribution is 0.589. The summed E-state index contributed by atoms with van der Waals surface area (Å²) in [5.41, 5.74) is 0.624. The Labute approximate surface area is 73.8 Å². The summed E-state index contributed by atoms with van der Waals surface area (Å²) in [6.45, 7) is 0. The molecule has 0 bridgehead atoms. The first-order valence-electron chi connectivity index (χ1n) is 3.48. The van der Waals surface area contributed by atoms with Crippen molar-refractivity contribution in [3.05, 3.63) is 41.3 Å². The van der Waals surface area contributed by atoms with Crippen molar-refractivity contribution in [1.82, 2.24) is 4.98 Å². The average molecular weight is 182 g/mol. The molecule has 60 valence electrons. The van der Waals surface area contributed by atoms with Crippen LogP contribution in [0.15, 0.2) is 30.3 Å². The quantitative estimate of drug-likeness (QED) is 0.570. The third kappa shape index (κ3) is 1.14. The Morgan fingerprint density at radius 3 is 2.83 bits per heavy atom. The predicted octanol–water partition coefficient (Wildman–Crippen LogP) is 3.03. The minimum absolute atomic E-state index is 0.0636. The topological polar surface area (TPSA) is 12.9 Å². The van der Waals surface area contributed by atoms with Gasteiger partial charge in [-0.15, -0.1) is 0 Å². The Morgan fingerprint density at radius 2 is 2.00 bits per heavy atom. The lowest BCUT2D eigenvalue weighted by atomic mass is 10.2. The molecule has 0 aliphatic heterocycles. The lowest BCUT2D eigenvalue weighted by Gasteiger charge is -1.97. The van der Waals surface area contributed by atoms with Crippen molar-refractivity contribution in [2.45, 2.75) is 0 Å². The highest BCUT2D eigenvalue weighted by Crippen LogP contribution is 2.18. The van der Waals surface area contributed by atoms with Crippen molar-refractivity contribution in [2.75, 3.05) is 0 Å². The molecule has 2 aromatic rings. The number of aromatic nitrogens is 1. The van der Waals surface area contributed by atoms with Crippen LogP contribution in [0.5, 0.6) is 0 Å². The van der Waals surface area contributed by atoms with E-state index in [1.54, 1.807) is 12.1 Å². The molecule has 0 N–H and O–H groups in total. The Kier molecular flexibility index (Phi) is 1.70. The highest BCUT2D eigenvalue weighted by atomic mass is 35.5. The van der Waals surface area contributed by atoms with Gasteiger partial charge in [-0.1, -0.05) is 29.8 Å². The Bertz CT molecular complexity index is 387. The number of para-hydroxylation sites is 1. The fourth-order valence-electron chi connectivity index (χ4n) is 1.07. The second-order valence-corrected chi connectivity index (χ2v) is 2.86. The third-order valence-corrected chi connectivity index (χ3v) is 1.90. The maximum atomic E-state index is 12.8. The Balaban J connectivity index is 2.84. The maximum Gasteiger partial charge on any atom is 0.232 e. The van der Waals surface area contributed by atoms with Crippen LogP contribution in [0.25, 0.3) is 10.9 Å². The van der Waals surface area contributed by atoms with Crippen molar-refractivity contribution < 1.29 is 4.39 Å². The zero-order chi connectivity index (χ0) is 8.55. The van der Waals surface area contributed by atoms with Crippen LogP contribution >= 0.6 is 11.6 Å². The van der Waals surface area contributed by atoms with E-state index in [4.69, 9.17) is 11.6 Å². The van der Waals surface area contributed by atoms with Gasteiger partial charge in [-0.05, 0) is 12.1 Å². The molecule has 0 spiro atoms. The van der Waals surface area contributed by atoms with Crippen LogP contribution < -0.4 is 0 Å². The van der Waals surface area contributed by atoms with Gasteiger partial charge in [0.05, 0.1) is 10.5 Å².